The van der Waals surface area contributed by atoms with Crippen molar-refractivity contribution in [2.24, 2.45) is 22.9 Å². The van der Waals surface area contributed by atoms with Crippen LogP contribution in [0.3, 0.4) is 0 Å². The number of thioether (sulfide) groups is 1. The van der Waals surface area contributed by atoms with Gasteiger partial charge in [0.1, 0.15) is 23.3 Å². The zero-order valence-corrected chi connectivity index (χ0v) is 38.2. The summed E-state index contributed by atoms with van der Waals surface area (Å²) in [7, 11) is 0. The van der Waals surface area contributed by atoms with Gasteiger partial charge in [0, 0.05) is 54.5 Å². The molecule has 1 saturated carbocycles. The Morgan fingerprint density at radius 3 is 2.47 bits per heavy atom. The van der Waals surface area contributed by atoms with Crippen LogP contribution in [0.4, 0.5) is 0 Å². The third-order valence-corrected chi connectivity index (χ3v) is 14.2. The molecule has 8 rings (SSSR count). The molecule has 2 aliphatic heterocycles. The number of allylic oxidation sites excluding steroid dienone is 1. The highest BCUT2D eigenvalue weighted by atomic mass is 32.2. The lowest BCUT2D eigenvalue weighted by Crippen LogP contribution is -2.70. The van der Waals surface area contributed by atoms with E-state index in [1.165, 1.54) is 0 Å². The van der Waals surface area contributed by atoms with Crippen molar-refractivity contribution < 1.29 is 38.8 Å². The van der Waals surface area contributed by atoms with Crippen molar-refractivity contribution in [2.75, 3.05) is 39.2 Å². The molecule has 4 aromatic rings. The fourth-order valence-corrected chi connectivity index (χ4v) is 10.9. The summed E-state index contributed by atoms with van der Waals surface area (Å²) in [5.74, 6) is 0.232. The summed E-state index contributed by atoms with van der Waals surface area (Å²) in [5.41, 5.74) is 3.35. The first-order valence-corrected chi connectivity index (χ1v) is 24.6. The van der Waals surface area contributed by atoms with E-state index in [1.54, 1.807) is 17.8 Å². The van der Waals surface area contributed by atoms with Gasteiger partial charge in [-0.15, -0.1) is 18.3 Å². The maximum atomic E-state index is 15.3. The van der Waals surface area contributed by atoms with Gasteiger partial charge in [-0.2, -0.15) is 0 Å². The van der Waals surface area contributed by atoms with Crippen LogP contribution in [0.2, 0.25) is 0 Å². The number of hydrogen-bond acceptors (Lipinski definition) is 10. The number of carbonyl (C=O) groups is 1. The van der Waals surface area contributed by atoms with E-state index in [0.29, 0.717) is 55.9 Å². The average Bonchev–Trinajstić information content (AvgIpc) is 3.33. The first kappa shape index (κ1) is 45.9. The van der Waals surface area contributed by atoms with Crippen LogP contribution >= 0.6 is 11.8 Å². The molecule has 4 aromatic carbocycles. The molecule has 0 spiro atoms. The Morgan fingerprint density at radius 1 is 0.953 bits per heavy atom. The molecular weight excluding hydrogens is 825 g/mol. The number of hydrogen-bond donors (Lipinski definition) is 2. The third kappa shape index (κ3) is 9.80. The fraction of sp³-hybridized carbons (Fsp3) is 0.472. The van der Waals surface area contributed by atoms with Gasteiger partial charge in [0.25, 0.3) is 5.91 Å². The third-order valence-electron chi connectivity index (χ3n) is 13.5. The summed E-state index contributed by atoms with van der Waals surface area (Å²) >= 11 is 1.69. The summed E-state index contributed by atoms with van der Waals surface area (Å²) in [6.45, 7) is 7.68. The first-order chi connectivity index (χ1) is 31.4. The predicted octanol–water partition coefficient (Wildman–Crippen LogP) is 11.1. The molecule has 2 fully saturated rings. The van der Waals surface area contributed by atoms with Crippen LogP contribution in [0.5, 0.6) is 17.2 Å². The van der Waals surface area contributed by atoms with Gasteiger partial charge in [0.05, 0.1) is 24.8 Å². The van der Waals surface area contributed by atoms with E-state index >= 15 is 4.79 Å². The van der Waals surface area contributed by atoms with Crippen molar-refractivity contribution >= 4 is 34.2 Å². The van der Waals surface area contributed by atoms with E-state index in [2.05, 4.69) is 50.1 Å². The molecule has 7 atom stereocenters. The Bertz CT molecular complexity index is 2270. The summed E-state index contributed by atoms with van der Waals surface area (Å²) < 4.78 is 27.3. The lowest BCUT2D eigenvalue weighted by atomic mass is 9.55. The van der Waals surface area contributed by atoms with E-state index in [1.807, 2.05) is 65.6 Å². The first-order valence-electron chi connectivity index (χ1n) is 23.4. The zero-order chi connectivity index (χ0) is 44.5. The lowest BCUT2D eigenvalue weighted by Gasteiger charge is -2.60. The molecule has 11 heteroatoms. The number of amides is 1. The maximum Gasteiger partial charge on any atom is 0.254 e. The number of fused-ring (bicyclic) bond motifs is 3. The Kier molecular flexibility index (Phi) is 15.5. The number of ether oxygens (including phenoxy) is 4. The summed E-state index contributed by atoms with van der Waals surface area (Å²) in [4.78, 5) is 24.8. The van der Waals surface area contributed by atoms with E-state index in [9.17, 15) is 10.2 Å². The van der Waals surface area contributed by atoms with E-state index in [-0.39, 0.29) is 43.5 Å². The van der Waals surface area contributed by atoms with Gasteiger partial charge in [-0.05, 0) is 134 Å². The van der Waals surface area contributed by atoms with Gasteiger partial charge in [0.15, 0.2) is 0 Å². The van der Waals surface area contributed by atoms with E-state index < -0.39 is 24.0 Å². The van der Waals surface area contributed by atoms with Gasteiger partial charge in [-0.1, -0.05) is 67.4 Å². The van der Waals surface area contributed by atoms with Crippen molar-refractivity contribution in [2.45, 2.75) is 106 Å². The normalized spacial score (nSPS) is 25.4. The molecule has 4 aliphatic rings. The molecule has 340 valence electrons. The monoisotopic (exact) mass is 888 g/mol. The smallest absolute Gasteiger partial charge is 0.254 e. The fourth-order valence-electron chi connectivity index (χ4n) is 10.5. The molecule has 0 aromatic heterocycles. The van der Waals surface area contributed by atoms with E-state index in [4.69, 9.17) is 28.9 Å². The highest BCUT2D eigenvalue weighted by Gasteiger charge is 2.65. The number of rotatable bonds is 20. The molecule has 2 N–H and O–H groups in total. The van der Waals surface area contributed by atoms with Crippen molar-refractivity contribution in [1.29, 1.82) is 0 Å². The van der Waals surface area contributed by atoms with E-state index in [0.717, 1.165) is 83.2 Å². The summed E-state index contributed by atoms with van der Waals surface area (Å²) in [6.07, 6.45) is 14.2. The molecule has 2 aliphatic carbocycles. The van der Waals surface area contributed by atoms with Gasteiger partial charge in [0.2, 0.25) is 12.1 Å². The van der Waals surface area contributed by atoms with Crippen LogP contribution in [0, 0.1) is 17.8 Å². The standard InChI is InChI=1S/C53H64N2O8S/c1-4-27-55(52(58)39-20-19-36-14-6-7-15-37(36)32-39)48-35-46(54-63-49-18-10-13-31-59-49)44-33-38(16-8-11-28-56)43(17-9-12-29-57)50-45-34-41(61-40-21-24-42(64-3)25-22-40)23-26-47(45)62-53(48,51(44)50)60-30-5-2/h5-7,14-15,19-26,32-34,38,43,48-51,56-57H,2,4,8-13,16-18,27-31,35H2,1,3H3. The summed E-state index contributed by atoms with van der Waals surface area (Å²) in [6, 6.07) is 27.6. The number of unbranched alkanes of at least 4 members (excludes halogenated alkanes) is 2. The maximum absolute atomic E-state index is 15.3. The van der Waals surface area contributed by atoms with Gasteiger partial charge < -0.3 is 38.9 Å². The Morgan fingerprint density at radius 2 is 1.73 bits per heavy atom. The number of aliphatic hydroxyl groups is 2. The molecule has 10 nitrogen and oxygen atoms in total. The number of oxime groups is 1. The van der Waals surface area contributed by atoms with Crippen LogP contribution in [0.15, 0.2) is 119 Å². The van der Waals surface area contributed by atoms with Crippen LogP contribution in [0.25, 0.3) is 10.8 Å². The van der Waals surface area contributed by atoms with Gasteiger partial charge in [-0.3, -0.25) is 4.79 Å². The SMILES string of the molecule is C=CCOC12Oc3ccc(Oc4ccc(SC)cc4)cc3C3C(CCCCO)C(CCCCO)C=C(C(=NOC4CCCCO4)CC1N(CCC)C(=O)c1ccc4ccccc4c1)C32. The number of benzene rings is 4. The molecule has 1 saturated heterocycles. The molecule has 0 radical (unpaired) electrons. The largest absolute Gasteiger partial charge is 0.459 e. The van der Waals surface area contributed by atoms with Crippen LogP contribution < -0.4 is 9.47 Å². The Hall–Kier alpha value is -4.65. The quantitative estimate of drug-likeness (QED) is 0.0387. The Labute approximate surface area is 382 Å². The van der Waals surface area contributed by atoms with Crippen LogP contribution in [0.1, 0.15) is 99.4 Å². The van der Waals surface area contributed by atoms with Crippen molar-refractivity contribution in [3.8, 4) is 17.2 Å². The predicted molar refractivity (Wildman–Crippen MR) is 253 cm³/mol. The van der Waals surface area contributed by atoms with Gasteiger partial charge in [-0.25, -0.2) is 0 Å². The second-order valence-electron chi connectivity index (χ2n) is 17.5. The molecule has 2 heterocycles. The number of carbonyl (C=O) groups excluding carboxylic acids is 1. The highest BCUT2D eigenvalue weighted by molar-refractivity contribution is 7.98. The second kappa shape index (κ2) is 21.6. The zero-order valence-electron chi connectivity index (χ0n) is 37.4. The molecule has 1 amide bonds. The van der Waals surface area contributed by atoms with Gasteiger partial charge >= 0.3 is 0 Å². The van der Waals surface area contributed by atoms with Crippen molar-refractivity contribution in [3.05, 3.63) is 120 Å². The van der Waals surface area contributed by atoms with Crippen molar-refractivity contribution in [1.82, 2.24) is 4.90 Å². The lowest BCUT2D eigenvalue weighted by molar-refractivity contribution is -0.254. The minimum atomic E-state index is -1.36. The number of nitrogens with zero attached hydrogens (tertiary/aromatic N) is 2. The number of aliphatic hydroxyl groups excluding tert-OH is 2. The second-order valence-corrected chi connectivity index (χ2v) is 18.4. The molecule has 7 unspecified atom stereocenters. The topological polar surface area (TPSA) is 119 Å². The molecule has 64 heavy (non-hydrogen) atoms. The van der Waals surface area contributed by atoms with Crippen LogP contribution in [-0.2, 0) is 14.3 Å². The van der Waals surface area contributed by atoms with Crippen molar-refractivity contribution in [3.63, 3.8) is 0 Å². The highest BCUT2D eigenvalue weighted by Crippen LogP contribution is 2.62. The Balaban J connectivity index is 1.33. The average molecular weight is 889 g/mol. The minimum Gasteiger partial charge on any atom is -0.459 e. The minimum absolute atomic E-state index is 0.0860. The molecule has 0 bridgehead atoms. The summed E-state index contributed by atoms with van der Waals surface area (Å²) in [5, 5.41) is 27.1. The van der Waals surface area contributed by atoms with Crippen LogP contribution in [-0.4, -0.2) is 84.1 Å². The molecular formula is C53H64N2O8S.